The smallest absolute Gasteiger partial charge is 0.305 e. The predicted molar refractivity (Wildman–Crippen MR) is 147 cm³/mol. The summed E-state index contributed by atoms with van der Waals surface area (Å²) in [4.78, 5) is 41.5. The molecule has 0 saturated heterocycles. The average Bonchev–Trinajstić information content (AvgIpc) is 3.32. The maximum absolute atomic E-state index is 13.7. The van der Waals surface area contributed by atoms with E-state index in [1.165, 1.54) is 0 Å². The van der Waals surface area contributed by atoms with Crippen molar-refractivity contribution < 1.29 is 19.5 Å². The summed E-state index contributed by atoms with van der Waals surface area (Å²) in [5.41, 5.74) is 5.81. The van der Waals surface area contributed by atoms with E-state index < -0.39 is 18.1 Å². The molecule has 194 valence electrons. The normalized spacial score (nSPS) is 14.8. The largest absolute Gasteiger partial charge is 0.481 e. The van der Waals surface area contributed by atoms with Gasteiger partial charge in [-0.2, -0.15) is 0 Å². The third-order valence-electron chi connectivity index (χ3n) is 6.95. The van der Waals surface area contributed by atoms with Crippen molar-refractivity contribution in [2.24, 2.45) is 5.92 Å². The van der Waals surface area contributed by atoms with Gasteiger partial charge in [-0.25, -0.2) is 0 Å². The first kappa shape index (κ1) is 26.6. The Hall–Kier alpha value is -3.45. The summed E-state index contributed by atoms with van der Waals surface area (Å²) >= 11 is 1.54. The Balaban J connectivity index is 1.61. The van der Waals surface area contributed by atoms with Gasteiger partial charge in [0.2, 0.25) is 5.91 Å². The van der Waals surface area contributed by atoms with E-state index in [-0.39, 0.29) is 24.2 Å². The van der Waals surface area contributed by atoms with Crippen LogP contribution in [0.1, 0.15) is 65.3 Å². The summed E-state index contributed by atoms with van der Waals surface area (Å²) in [6.07, 6.45) is 0.947. The van der Waals surface area contributed by atoms with Gasteiger partial charge in [-0.1, -0.05) is 50.2 Å². The van der Waals surface area contributed by atoms with Crippen LogP contribution in [0, 0.1) is 19.8 Å². The average molecular weight is 519 g/mol. The lowest BCUT2D eigenvalue weighted by molar-refractivity contribution is -0.138. The van der Waals surface area contributed by atoms with Crippen molar-refractivity contribution in [3.05, 3.63) is 81.7 Å². The summed E-state index contributed by atoms with van der Waals surface area (Å²) in [5, 5.41) is 14.6. The summed E-state index contributed by atoms with van der Waals surface area (Å²) in [5.74, 6) is -1.28. The molecule has 1 unspecified atom stereocenters. The number of carbonyl (C=O) groups is 3. The summed E-state index contributed by atoms with van der Waals surface area (Å²) < 4.78 is 0. The van der Waals surface area contributed by atoms with Gasteiger partial charge in [-0.05, 0) is 77.9 Å². The van der Waals surface area contributed by atoms with Crippen LogP contribution in [0.3, 0.4) is 0 Å². The highest BCUT2D eigenvalue weighted by Gasteiger charge is 2.35. The van der Waals surface area contributed by atoms with Crippen LogP contribution in [0.25, 0.3) is 10.4 Å². The van der Waals surface area contributed by atoms with Crippen molar-refractivity contribution in [3.8, 4) is 10.4 Å². The number of thiophene rings is 1. The number of carboxylic acids is 1. The van der Waals surface area contributed by atoms with Crippen LogP contribution in [0.4, 0.5) is 0 Å². The van der Waals surface area contributed by atoms with Gasteiger partial charge >= 0.3 is 5.97 Å². The van der Waals surface area contributed by atoms with E-state index in [0.29, 0.717) is 24.9 Å². The number of rotatable bonds is 9. The topological polar surface area (TPSA) is 86.7 Å². The molecule has 1 aromatic heterocycles. The molecule has 0 bridgehead atoms. The zero-order chi connectivity index (χ0) is 26.7. The molecule has 1 aliphatic rings. The second-order valence-electron chi connectivity index (χ2n) is 10.2. The highest BCUT2D eigenvalue weighted by atomic mass is 32.1. The van der Waals surface area contributed by atoms with E-state index >= 15 is 0 Å². The quantitative estimate of drug-likeness (QED) is 0.376. The molecule has 7 heteroatoms. The molecule has 0 saturated carbocycles. The first-order valence-corrected chi connectivity index (χ1v) is 13.6. The van der Waals surface area contributed by atoms with E-state index in [9.17, 15) is 19.5 Å². The van der Waals surface area contributed by atoms with E-state index in [2.05, 4.69) is 31.3 Å². The van der Waals surface area contributed by atoms with Crippen molar-refractivity contribution >= 4 is 29.1 Å². The first-order chi connectivity index (χ1) is 17.7. The summed E-state index contributed by atoms with van der Waals surface area (Å²) in [7, 11) is 0. The SMILES string of the molecule is Cc1cccc(C)c1-c1cc([C@H](CC(=O)O)NC(=O)C(CC(C)C)N2CCc3ccccc3C2=O)cs1. The van der Waals surface area contributed by atoms with Gasteiger partial charge in [0.15, 0.2) is 0 Å². The minimum Gasteiger partial charge on any atom is -0.481 e. The van der Waals surface area contributed by atoms with Crippen LogP contribution in [-0.4, -0.2) is 40.4 Å². The molecule has 0 aliphatic carbocycles. The highest BCUT2D eigenvalue weighted by Crippen LogP contribution is 2.35. The number of nitrogens with one attached hydrogen (secondary N) is 1. The molecule has 2 N–H and O–H groups in total. The number of amides is 2. The fourth-order valence-electron chi connectivity index (χ4n) is 5.13. The molecule has 3 aromatic rings. The first-order valence-electron chi connectivity index (χ1n) is 12.7. The lowest BCUT2D eigenvalue weighted by Crippen LogP contribution is -2.53. The number of aryl methyl sites for hydroxylation is 2. The van der Waals surface area contributed by atoms with Crippen molar-refractivity contribution in [1.29, 1.82) is 0 Å². The molecular formula is C30H34N2O4S. The molecule has 6 nitrogen and oxygen atoms in total. The Bertz CT molecular complexity index is 1290. The Morgan fingerprint density at radius 2 is 1.78 bits per heavy atom. The van der Waals surface area contributed by atoms with Crippen LogP contribution >= 0.6 is 11.3 Å². The van der Waals surface area contributed by atoms with E-state index in [1.807, 2.05) is 55.6 Å². The van der Waals surface area contributed by atoms with Crippen molar-refractivity contribution in [2.75, 3.05) is 6.54 Å². The number of hydrogen-bond donors (Lipinski definition) is 2. The molecule has 2 heterocycles. The van der Waals surface area contributed by atoms with E-state index in [0.717, 1.165) is 32.7 Å². The number of benzene rings is 2. The molecule has 2 amide bonds. The maximum atomic E-state index is 13.7. The number of aliphatic carboxylic acids is 1. The van der Waals surface area contributed by atoms with Gasteiger partial charge in [0.25, 0.3) is 5.91 Å². The van der Waals surface area contributed by atoms with Gasteiger partial charge in [-0.3, -0.25) is 14.4 Å². The van der Waals surface area contributed by atoms with Crippen LogP contribution in [0.15, 0.2) is 53.9 Å². The Morgan fingerprint density at radius 3 is 2.46 bits per heavy atom. The highest BCUT2D eigenvalue weighted by molar-refractivity contribution is 7.13. The van der Waals surface area contributed by atoms with Crippen LogP contribution in [0.2, 0.25) is 0 Å². The van der Waals surface area contributed by atoms with Crippen LogP contribution in [-0.2, 0) is 16.0 Å². The second-order valence-corrected chi connectivity index (χ2v) is 11.1. The third kappa shape index (κ3) is 5.93. The van der Waals surface area contributed by atoms with Gasteiger partial charge < -0.3 is 15.3 Å². The standard InChI is InChI=1S/C30H34N2O4S/c1-18(2)14-25(32-13-12-21-10-5-6-11-23(21)30(32)36)29(35)31-24(16-27(33)34)22-15-26(37-17-22)28-19(3)8-7-9-20(28)4/h5-11,15,17-18,24-25H,12-14,16H2,1-4H3,(H,31,35)(H,33,34)/t24-,25?/m0/s1. The maximum Gasteiger partial charge on any atom is 0.305 e. The number of hydrogen-bond acceptors (Lipinski definition) is 4. The number of nitrogens with zero attached hydrogens (tertiary/aromatic N) is 1. The third-order valence-corrected chi connectivity index (χ3v) is 7.92. The van der Waals surface area contributed by atoms with Gasteiger partial charge in [0, 0.05) is 17.0 Å². The van der Waals surface area contributed by atoms with Crippen molar-refractivity contribution in [3.63, 3.8) is 0 Å². The Labute approximate surface area is 222 Å². The molecule has 0 fully saturated rings. The molecule has 1 aliphatic heterocycles. The van der Waals surface area contributed by atoms with E-state index in [4.69, 9.17) is 0 Å². The molecule has 2 aromatic carbocycles. The number of carbonyl (C=O) groups excluding carboxylic acids is 2. The summed E-state index contributed by atoms with van der Waals surface area (Å²) in [6, 6.07) is 14.3. The fourth-order valence-corrected chi connectivity index (χ4v) is 6.27. The zero-order valence-corrected chi connectivity index (χ0v) is 22.6. The molecule has 4 rings (SSSR count). The lowest BCUT2D eigenvalue weighted by atomic mass is 9.94. The second kappa shape index (κ2) is 11.3. The summed E-state index contributed by atoms with van der Waals surface area (Å²) in [6.45, 7) is 8.62. The number of fused-ring (bicyclic) bond motifs is 1. The predicted octanol–water partition coefficient (Wildman–Crippen LogP) is 5.78. The van der Waals surface area contributed by atoms with Gasteiger partial charge in [0.1, 0.15) is 6.04 Å². The minimum absolute atomic E-state index is 0.148. The lowest BCUT2D eigenvalue weighted by Gasteiger charge is -2.36. The molecule has 0 spiro atoms. The fraction of sp³-hybridized carbons (Fsp3) is 0.367. The molecular weight excluding hydrogens is 484 g/mol. The Kier molecular flexibility index (Phi) is 8.13. The number of carboxylic acid groups (broad SMARTS) is 1. The van der Waals surface area contributed by atoms with Crippen LogP contribution in [0.5, 0.6) is 0 Å². The van der Waals surface area contributed by atoms with Crippen molar-refractivity contribution in [2.45, 2.75) is 59.0 Å². The Morgan fingerprint density at radius 1 is 1.08 bits per heavy atom. The zero-order valence-electron chi connectivity index (χ0n) is 21.8. The van der Waals surface area contributed by atoms with Gasteiger partial charge in [-0.15, -0.1) is 11.3 Å². The minimum atomic E-state index is -0.992. The monoisotopic (exact) mass is 518 g/mol. The van der Waals surface area contributed by atoms with Crippen molar-refractivity contribution in [1.82, 2.24) is 10.2 Å². The molecule has 37 heavy (non-hydrogen) atoms. The molecule has 2 atom stereocenters. The molecule has 0 radical (unpaired) electrons. The van der Waals surface area contributed by atoms with Gasteiger partial charge in [0.05, 0.1) is 12.5 Å². The van der Waals surface area contributed by atoms with E-state index in [1.54, 1.807) is 16.2 Å². The van der Waals surface area contributed by atoms with Crippen LogP contribution < -0.4 is 5.32 Å².